The zero-order valence-electron chi connectivity index (χ0n) is 17.7. The molecule has 2 aromatic carbocycles. The zero-order chi connectivity index (χ0) is 22.7. The number of anilines is 1. The van der Waals surface area contributed by atoms with Gasteiger partial charge in [0.1, 0.15) is 0 Å². The van der Waals surface area contributed by atoms with E-state index in [1.165, 1.54) is 18.9 Å². The lowest BCUT2D eigenvalue weighted by Gasteiger charge is -2.18. The highest BCUT2D eigenvalue weighted by Crippen LogP contribution is 2.38. The van der Waals surface area contributed by atoms with Crippen molar-refractivity contribution in [1.82, 2.24) is 0 Å². The number of carbonyl (C=O) groups is 2. The molecule has 31 heavy (non-hydrogen) atoms. The summed E-state index contributed by atoms with van der Waals surface area (Å²) >= 11 is 6.72. The molecule has 1 amide bonds. The van der Waals surface area contributed by atoms with E-state index in [9.17, 15) is 14.7 Å². The number of hydrogen-bond donors (Lipinski definition) is 1. The smallest absolute Gasteiger partial charge is 0.344 e. The molecule has 1 fully saturated rings. The Labute approximate surface area is 190 Å². The number of carbonyl (C=O) groups excluding carboxylic acids is 1. The molecule has 0 spiro atoms. The molecule has 1 N–H and O–H groups in total. The van der Waals surface area contributed by atoms with Crippen molar-refractivity contribution < 1.29 is 24.2 Å². The molecule has 0 radical (unpaired) electrons. The number of amides is 1. The molecule has 2 aromatic rings. The number of benzene rings is 2. The van der Waals surface area contributed by atoms with Gasteiger partial charge in [-0.3, -0.25) is 9.69 Å². The van der Waals surface area contributed by atoms with Crippen molar-refractivity contribution in [1.29, 1.82) is 0 Å². The normalized spacial score (nSPS) is 16.0. The second-order valence-corrected chi connectivity index (χ2v) is 8.68. The van der Waals surface area contributed by atoms with E-state index >= 15 is 0 Å². The molecule has 1 unspecified atom stereocenters. The van der Waals surface area contributed by atoms with Crippen molar-refractivity contribution in [3.8, 4) is 11.5 Å². The first kappa shape index (κ1) is 22.8. The fourth-order valence-electron chi connectivity index (χ4n) is 3.14. The van der Waals surface area contributed by atoms with Gasteiger partial charge >= 0.3 is 5.97 Å². The number of carboxylic acid groups (broad SMARTS) is 1. The van der Waals surface area contributed by atoms with Crippen molar-refractivity contribution >= 4 is 51.9 Å². The van der Waals surface area contributed by atoms with E-state index in [0.717, 1.165) is 16.8 Å². The van der Waals surface area contributed by atoms with Gasteiger partial charge in [0.15, 0.2) is 21.9 Å². The third-order valence-electron chi connectivity index (χ3n) is 5.01. The number of thioether (sulfide) groups is 1. The maximum atomic E-state index is 13.1. The molecular formula is C23H23NO5S2. The SMILES string of the molecule is CCC(Oc1ccc(/C=C2/SC(=S)N(c3cccc(C)c3C)C2=O)cc1OC)C(=O)O. The predicted octanol–water partition coefficient (Wildman–Crippen LogP) is 4.96. The van der Waals surface area contributed by atoms with Crippen LogP contribution in [0.4, 0.5) is 5.69 Å². The maximum Gasteiger partial charge on any atom is 0.344 e. The lowest BCUT2D eigenvalue weighted by Crippen LogP contribution is -2.28. The standard InChI is InChI=1S/C23H23NO5S2/c1-5-17(22(26)27)29-18-10-9-15(11-19(18)28-4)12-20-21(25)24(23(30)31-20)16-8-6-7-13(2)14(16)3/h6-12,17H,5H2,1-4H3,(H,26,27)/b20-12+. The number of ether oxygens (including phenoxy) is 2. The molecular weight excluding hydrogens is 434 g/mol. The summed E-state index contributed by atoms with van der Waals surface area (Å²) in [6.07, 6.45) is 1.10. The van der Waals surface area contributed by atoms with Crippen molar-refractivity contribution in [3.05, 3.63) is 58.0 Å². The molecule has 1 heterocycles. The molecule has 1 atom stereocenters. The van der Waals surface area contributed by atoms with E-state index in [1.807, 2.05) is 32.0 Å². The van der Waals surface area contributed by atoms with E-state index in [2.05, 4.69) is 0 Å². The fraction of sp³-hybridized carbons (Fsp3) is 0.261. The van der Waals surface area contributed by atoms with Gasteiger partial charge in [-0.1, -0.05) is 49.1 Å². The maximum absolute atomic E-state index is 13.1. The van der Waals surface area contributed by atoms with Crippen molar-refractivity contribution in [3.63, 3.8) is 0 Å². The Morgan fingerprint density at radius 1 is 1.26 bits per heavy atom. The average Bonchev–Trinajstić information content (AvgIpc) is 3.01. The Kier molecular flexibility index (Phi) is 7.02. The Morgan fingerprint density at radius 3 is 2.65 bits per heavy atom. The van der Waals surface area contributed by atoms with Gasteiger partial charge in [-0.25, -0.2) is 4.79 Å². The number of aryl methyl sites for hydroxylation is 1. The molecule has 162 valence electrons. The lowest BCUT2D eigenvalue weighted by molar-refractivity contribution is -0.145. The number of methoxy groups -OCH3 is 1. The second kappa shape index (κ2) is 9.53. The lowest BCUT2D eigenvalue weighted by atomic mass is 10.1. The quantitative estimate of drug-likeness (QED) is 0.465. The first-order valence-corrected chi connectivity index (χ1v) is 10.9. The van der Waals surface area contributed by atoms with Gasteiger partial charge in [0.25, 0.3) is 5.91 Å². The summed E-state index contributed by atoms with van der Waals surface area (Å²) in [6.45, 7) is 5.70. The minimum Gasteiger partial charge on any atom is -0.493 e. The first-order chi connectivity index (χ1) is 14.8. The number of carboxylic acids is 1. The van der Waals surface area contributed by atoms with E-state index < -0.39 is 12.1 Å². The molecule has 3 rings (SSSR count). The van der Waals surface area contributed by atoms with Crippen LogP contribution >= 0.6 is 24.0 Å². The van der Waals surface area contributed by atoms with E-state index in [-0.39, 0.29) is 5.91 Å². The highest BCUT2D eigenvalue weighted by molar-refractivity contribution is 8.27. The summed E-state index contributed by atoms with van der Waals surface area (Å²) < 4.78 is 11.4. The fourth-order valence-corrected chi connectivity index (χ4v) is 4.42. The van der Waals surface area contributed by atoms with Gasteiger partial charge in [-0.05, 0) is 61.2 Å². The third kappa shape index (κ3) is 4.75. The van der Waals surface area contributed by atoms with Gasteiger partial charge in [0, 0.05) is 0 Å². The third-order valence-corrected chi connectivity index (χ3v) is 6.31. The monoisotopic (exact) mass is 457 g/mol. The molecule has 1 aliphatic rings. The van der Waals surface area contributed by atoms with E-state index in [0.29, 0.717) is 32.7 Å². The average molecular weight is 458 g/mol. The van der Waals surface area contributed by atoms with Crippen LogP contribution in [0.3, 0.4) is 0 Å². The highest BCUT2D eigenvalue weighted by atomic mass is 32.2. The van der Waals surface area contributed by atoms with Crippen LogP contribution in [0.15, 0.2) is 41.3 Å². The molecule has 1 aliphatic heterocycles. The molecule has 0 aliphatic carbocycles. The molecule has 6 nitrogen and oxygen atoms in total. The Bertz CT molecular complexity index is 1080. The molecule has 0 aromatic heterocycles. The van der Waals surface area contributed by atoms with Gasteiger partial charge in [0.05, 0.1) is 17.7 Å². The minimum absolute atomic E-state index is 0.181. The summed E-state index contributed by atoms with van der Waals surface area (Å²) in [4.78, 5) is 26.4. The van der Waals surface area contributed by atoms with Crippen LogP contribution in [0.2, 0.25) is 0 Å². The summed E-state index contributed by atoms with van der Waals surface area (Å²) in [5.41, 5.74) is 3.59. The number of nitrogens with zero attached hydrogens (tertiary/aromatic N) is 1. The van der Waals surface area contributed by atoms with E-state index in [4.69, 9.17) is 21.7 Å². The van der Waals surface area contributed by atoms with Crippen LogP contribution in [0.25, 0.3) is 6.08 Å². The van der Waals surface area contributed by atoms with Crippen LogP contribution < -0.4 is 14.4 Å². The first-order valence-electron chi connectivity index (χ1n) is 9.68. The van der Waals surface area contributed by atoms with Gasteiger partial charge in [-0.15, -0.1) is 0 Å². The van der Waals surface area contributed by atoms with Gasteiger partial charge in [0.2, 0.25) is 0 Å². The largest absolute Gasteiger partial charge is 0.493 e. The van der Waals surface area contributed by atoms with Crippen molar-refractivity contribution in [2.75, 3.05) is 12.0 Å². The number of rotatable bonds is 7. The van der Waals surface area contributed by atoms with Gasteiger partial charge in [-0.2, -0.15) is 0 Å². The Balaban J connectivity index is 1.90. The second-order valence-electron chi connectivity index (χ2n) is 7.00. The summed E-state index contributed by atoms with van der Waals surface area (Å²) in [6, 6.07) is 10.9. The number of thiocarbonyl (C=S) groups is 1. The number of hydrogen-bond acceptors (Lipinski definition) is 6. The van der Waals surface area contributed by atoms with Gasteiger partial charge < -0.3 is 14.6 Å². The minimum atomic E-state index is -1.04. The Morgan fingerprint density at radius 2 is 2.00 bits per heavy atom. The number of aliphatic carboxylic acids is 1. The van der Waals surface area contributed by atoms with Crippen molar-refractivity contribution in [2.45, 2.75) is 33.3 Å². The molecule has 8 heteroatoms. The molecule has 0 bridgehead atoms. The van der Waals surface area contributed by atoms with Crippen LogP contribution in [0.1, 0.15) is 30.0 Å². The Hall–Kier alpha value is -2.84. The molecule has 0 saturated carbocycles. The summed E-state index contributed by atoms with van der Waals surface area (Å²) in [7, 11) is 1.48. The van der Waals surface area contributed by atoms with Crippen LogP contribution in [-0.4, -0.2) is 34.5 Å². The van der Waals surface area contributed by atoms with Crippen LogP contribution in [-0.2, 0) is 9.59 Å². The topological polar surface area (TPSA) is 76.1 Å². The van der Waals surface area contributed by atoms with Crippen LogP contribution in [0, 0.1) is 13.8 Å². The summed E-state index contributed by atoms with van der Waals surface area (Å²) in [5, 5.41) is 9.22. The van der Waals surface area contributed by atoms with E-state index in [1.54, 1.807) is 36.1 Å². The summed E-state index contributed by atoms with van der Waals surface area (Å²) in [5.74, 6) is -0.501. The van der Waals surface area contributed by atoms with Crippen LogP contribution in [0.5, 0.6) is 11.5 Å². The molecule has 1 saturated heterocycles. The highest BCUT2D eigenvalue weighted by Gasteiger charge is 2.34. The zero-order valence-corrected chi connectivity index (χ0v) is 19.3. The predicted molar refractivity (Wildman–Crippen MR) is 127 cm³/mol. The van der Waals surface area contributed by atoms with Crippen molar-refractivity contribution in [2.24, 2.45) is 0 Å².